The van der Waals surface area contributed by atoms with Gasteiger partial charge in [0.25, 0.3) is 5.91 Å². The van der Waals surface area contributed by atoms with Crippen LogP contribution in [0.15, 0.2) is 12.2 Å². The average molecular weight is 410 g/mol. The summed E-state index contributed by atoms with van der Waals surface area (Å²) >= 11 is 2.21. The van der Waals surface area contributed by atoms with Crippen molar-refractivity contribution in [2.75, 3.05) is 12.8 Å². The summed E-state index contributed by atoms with van der Waals surface area (Å²) in [6.45, 7) is 3.80. The van der Waals surface area contributed by atoms with Crippen molar-refractivity contribution in [1.82, 2.24) is 5.06 Å². The van der Waals surface area contributed by atoms with Crippen molar-refractivity contribution < 1.29 is 14.7 Å². The molecule has 0 radical (unpaired) electrons. The van der Waals surface area contributed by atoms with E-state index in [0.29, 0.717) is 23.2 Å². The van der Waals surface area contributed by atoms with Crippen molar-refractivity contribution >= 4 is 17.7 Å². The summed E-state index contributed by atoms with van der Waals surface area (Å²) in [7, 11) is 1.40. The lowest BCUT2D eigenvalue weighted by Gasteiger charge is -2.27. The molecule has 2 saturated heterocycles. The van der Waals surface area contributed by atoms with Gasteiger partial charge in [0.2, 0.25) is 0 Å². The molecule has 1 N–H and O–H groups in total. The van der Waals surface area contributed by atoms with Gasteiger partial charge in [-0.15, -0.1) is 0 Å². The quantitative estimate of drug-likeness (QED) is 0.296. The third kappa shape index (κ3) is 5.54. The molecular formula is C23H39NO3S. The van der Waals surface area contributed by atoms with Crippen LogP contribution < -0.4 is 0 Å². The Morgan fingerprint density at radius 3 is 2.50 bits per heavy atom. The van der Waals surface area contributed by atoms with Crippen LogP contribution >= 0.6 is 11.8 Å². The maximum Gasteiger partial charge on any atom is 0.251 e. The Balaban J connectivity index is 1.41. The van der Waals surface area contributed by atoms with Gasteiger partial charge in [-0.25, -0.2) is 5.06 Å². The third-order valence-corrected chi connectivity index (χ3v) is 8.50. The van der Waals surface area contributed by atoms with E-state index in [1.807, 2.05) is 13.8 Å². The SMILES string of the molecule is CN(O)C(=O)C(C)(C)CC/C=C\C[C@H]1[C@@H](CCSC2CCCC2)[C@H]2CC[C@@H]1O2. The number of allylic oxidation sites excluding steroid dienone is 2. The highest BCUT2D eigenvalue weighted by molar-refractivity contribution is 7.99. The van der Waals surface area contributed by atoms with Gasteiger partial charge in [0.15, 0.2) is 0 Å². The highest BCUT2D eigenvalue weighted by Gasteiger charge is 2.47. The second-order valence-corrected chi connectivity index (χ2v) is 11.1. The molecule has 0 aromatic rings. The zero-order valence-corrected chi connectivity index (χ0v) is 18.8. The smallest absolute Gasteiger partial charge is 0.251 e. The van der Waals surface area contributed by atoms with Gasteiger partial charge in [0, 0.05) is 17.7 Å². The van der Waals surface area contributed by atoms with E-state index < -0.39 is 5.41 Å². The Morgan fingerprint density at radius 1 is 1.14 bits per heavy atom. The largest absolute Gasteiger partial charge is 0.374 e. The summed E-state index contributed by atoms with van der Waals surface area (Å²) in [6, 6.07) is 0. The fourth-order valence-electron chi connectivity index (χ4n) is 5.38. The van der Waals surface area contributed by atoms with Crippen molar-refractivity contribution in [3.63, 3.8) is 0 Å². The molecule has 4 atom stereocenters. The lowest BCUT2D eigenvalue weighted by atomic mass is 9.76. The van der Waals surface area contributed by atoms with Crippen LogP contribution in [0.4, 0.5) is 0 Å². The summed E-state index contributed by atoms with van der Waals surface area (Å²) in [5, 5.41) is 11.0. The van der Waals surface area contributed by atoms with Crippen molar-refractivity contribution in [2.45, 2.75) is 95.5 Å². The van der Waals surface area contributed by atoms with Gasteiger partial charge >= 0.3 is 0 Å². The second-order valence-electron chi connectivity index (χ2n) is 9.64. The van der Waals surface area contributed by atoms with Crippen LogP contribution in [0.2, 0.25) is 0 Å². The molecule has 4 nitrogen and oxygen atoms in total. The summed E-state index contributed by atoms with van der Waals surface area (Å²) in [5.74, 6) is 2.49. The Bertz CT molecular complexity index is 542. The Hall–Kier alpha value is -0.520. The highest BCUT2D eigenvalue weighted by Crippen LogP contribution is 2.47. The number of thioether (sulfide) groups is 1. The highest BCUT2D eigenvalue weighted by atomic mass is 32.2. The van der Waals surface area contributed by atoms with Crippen molar-refractivity contribution in [1.29, 1.82) is 0 Å². The van der Waals surface area contributed by atoms with Crippen LogP contribution in [-0.4, -0.2) is 46.4 Å². The predicted molar refractivity (Wildman–Crippen MR) is 116 cm³/mol. The summed E-state index contributed by atoms with van der Waals surface area (Å²) < 4.78 is 6.27. The monoisotopic (exact) mass is 409 g/mol. The minimum absolute atomic E-state index is 0.220. The fraction of sp³-hybridized carbons (Fsp3) is 0.870. The second kappa shape index (κ2) is 9.99. The molecule has 2 aliphatic heterocycles. The first-order valence-electron chi connectivity index (χ1n) is 11.3. The first-order chi connectivity index (χ1) is 13.4. The van der Waals surface area contributed by atoms with E-state index in [1.165, 1.54) is 57.7 Å². The number of fused-ring (bicyclic) bond motifs is 2. The molecule has 0 unspecified atom stereocenters. The van der Waals surface area contributed by atoms with Crippen LogP contribution in [0, 0.1) is 17.3 Å². The van der Waals surface area contributed by atoms with Crippen molar-refractivity contribution in [3.05, 3.63) is 12.2 Å². The molecule has 160 valence electrons. The molecule has 2 heterocycles. The van der Waals surface area contributed by atoms with E-state index in [1.54, 1.807) is 0 Å². The van der Waals surface area contributed by atoms with E-state index in [0.717, 1.165) is 30.4 Å². The minimum atomic E-state index is -0.524. The molecule has 1 aliphatic carbocycles. The van der Waals surface area contributed by atoms with Gasteiger partial charge in [-0.1, -0.05) is 38.8 Å². The molecule has 3 aliphatic rings. The van der Waals surface area contributed by atoms with Crippen molar-refractivity contribution in [3.8, 4) is 0 Å². The molecule has 3 fully saturated rings. The maximum absolute atomic E-state index is 12.0. The molecule has 5 heteroatoms. The Labute approximate surface area is 175 Å². The number of ether oxygens (including phenoxy) is 1. The van der Waals surface area contributed by atoms with E-state index in [2.05, 4.69) is 23.9 Å². The molecule has 1 amide bonds. The summed E-state index contributed by atoms with van der Waals surface area (Å²) in [5.41, 5.74) is -0.524. The summed E-state index contributed by atoms with van der Waals surface area (Å²) in [6.07, 6.45) is 17.8. The Morgan fingerprint density at radius 2 is 1.82 bits per heavy atom. The zero-order chi connectivity index (χ0) is 20.1. The topological polar surface area (TPSA) is 49.8 Å². The number of amides is 1. The fourth-order valence-corrected chi connectivity index (χ4v) is 6.79. The zero-order valence-electron chi connectivity index (χ0n) is 17.9. The van der Waals surface area contributed by atoms with Gasteiger partial charge in [-0.2, -0.15) is 11.8 Å². The molecular weight excluding hydrogens is 370 g/mol. The maximum atomic E-state index is 12.0. The number of hydroxylamine groups is 2. The Kier molecular flexibility index (Phi) is 7.91. The van der Waals surface area contributed by atoms with Crippen LogP contribution in [0.3, 0.4) is 0 Å². The van der Waals surface area contributed by atoms with Crippen LogP contribution in [0.1, 0.15) is 78.1 Å². The first kappa shape index (κ1) is 22.2. The van der Waals surface area contributed by atoms with Gasteiger partial charge in [-0.05, 0) is 69.0 Å². The summed E-state index contributed by atoms with van der Waals surface area (Å²) in [4.78, 5) is 12.0. The molecule has 3 rings (SSSR count). The van der Waals surface area contributed by atoms with Gasteiger partial charge in [0.1, 0.15) is 0 Å². The lowest BCUT2D eigenvalue weighted by Crippen LogP contribution is -2.36. The number of hydrogen-bond donors (Lipinski definition) is 1. The van der Waals surface area contributed by atoms with Crippen LogP contribution in [-0.2, 0) is 9.53 Å². The number of carbonyl (C=O) groups is 1. The normalized spacial score (nSPS) is 30.6. The first-order valence-corrected chi connectivity index (χ1v) is 12.3. The number of hydrogen-bond acceptors (Lipinski definition) is 4. The molecule has 0 aromatic carbocycles. The molecule has 2 bridgehead atoms. The number of carbonyl (C=O) groups excluding carboxylic acids is 1. The van der Waals surface area contributed by atoms with E-state index in [-0.39, 0.29) is 5.91 Å². The molecule has 1 saturated carbocycles. The molecule has 0 spiro atoms. The van der Waals surface area contributed by atoms with Crippen LogP contribution in [0.5, 0.6) is 0 Å². The number of nitrogens with zero attached hydrogens (tertiary/aromatic N) is 1. The van der Waals surface area contributed by atoms with Crippen LogP contribution in [0.25, 0.3) is 0 Å². The van der Waals surface area contributed by atoms with E-state index in [4.69, 9.17) is 4.74 Å². The third-order valence-electron chi connectivity index (χ3n) is 7.08. The minimum Gasteiger partial charge on any atom is -0.374 e. The average Bonchev–Trinajstić information content (AvgIpc) is 3.39. The van der Waals surface area contributed by atoms with E-state index in [9.17, 15) is 10.0 Å². The standard InChI is InChI=1S/C23H39NO3S/c1-23(2,22(25)24(3)26)15-8-4-5-11-18-19(21-13-12-20(18)27-21)14-16-28-17-9-6-7-10-17/h4-5,17-21,26H,6-16H2,1-3H3/b5-4-/t18-,19+,20-,21+/m0/s1. The number of rotatable bonds is 10. The van der Waals surface area contributed by atoms with Gasteiger partial charge in [0.05, 0.1) is 12.2 Å². The molecule has 0 aromatic heterocycles. The predicted octanol–water partition coefficient (Wildman–Crippen LogP) is 5.45. The lowest BCUT2D eigenvalue weighted by molar-refractivity contribution is -0.169. The van der Waals surface area contributed by atoms with Gasteiger partial charge < -0.3 is 4.74 Å². The van der Waals surface area contributed by atoms with Gasteiger partial charge in [-0.3, -0.25) is 10.0 Å². The van der Waals surface area contributed by atoms with Crippen molar-refractivity contribution in [2.24, 2.45) is 17.3 Å². The van der Waals surface area contributed by atoms with E-state index >= 15 is 0 Å². The molecule has 28 heavy (non-hydrogen) atoms.